The van der Waals surface area contributed by atoms with E-state index in [9.17, 15) is 4.79 Å². The molecule has 0 saturated heterocycles. The first-order chi connectivity index (χ1) is 5.81. The van der Waals surface area contributed by atoms with Crippen LogP contribution in [0.25, 0.3) is 0 Å². The van der Waals surface area contributed by atoms with Crippen molar-refractivity contribution in [1.82, 2.24) is 0 Å². The van der Waals surface area contributed by atoms with E-state index >= 15 is 0 Å². The molecule has 12 heavy (non-hydrogen) atoms. The van der Waals surface area contributed by atoms with Gasteiger partial charge in [-0.15, -0.1) is 0 Å². The fourth-order valence-electron chi connectivity index (χ4n) is 0.961. The van der Waals surface area contributed by atoms with Crippen LogP contribution in [-0.4, -0.2) is 12.1 Å². The van der Waals surface area contributed by atoms with Gasteiger partial charge in [-0.2, -0.15) is 0 Å². The minimum Gasteiger partial charge on any atom is -0.273 e. The zero-order chi connectivity index (χ0) is 9.23. The van der Waals surface area contributed by atoms with Crippen LogP contribution in [0.5, 0.6) is 0 Å². The second-order valence-electron chi connectivity index (χ2n) is 2.92. The van der Waals surface area contributed by atoms with Crippen LogP contribution in [0.2, 0.25) is 0 Å². The van der Waals surface area contributed by atoms with Gasteiger partial charge in [0.2, 0.25) is 5.91 Å². The van der Waals surface area contributed by atoms with Crippen LogP contribution in [-0.2, 0) is 4.79 Å². The van der Waals surface area contributed by atoms with Gasteiger partial charge < -0.3 is 0 Å². The number of rotatable bonds is 6. The Kier molecular flexibility index (Phi) is 7.97. The number of aliphatic imine (C=N–C) groups is 1. The van der Waals surface area contributed by atoms with Gasteiger partial charge in [0, 0.05) is 12.6 Å². The lowest BCUT2D eigenvalue weighted by molar-refractivity contribution is -0.117. The van der Waals surface area contributed by atoms with E-state index in [1.54, 1.807) is 6.21 Å². The summed E-state index contributed by atoms with van der Waals surface area (Å²) in [5, 5.41) is 0. The standard InChI is InChI=1S/C10H19NO/c1-3-5-6-7-8-10(12)11-9-4-2/h9H,3-8H2,1-2H3. The average Bonchev–Trinajstić information content (AvgIpc) is 2.09. The van der Waals surface area contributed by atoms with Gasteiger partial charge in [-0.1, -0.05) is 33.1 Å². The van der Waals surface area contributed by atoms with Gasteiger partial charge in [0.15, 0.2) is 0 Å². The Morgan fingerprint density at radius 1 is 1.25 bits per heavy atom. The third-order valence-electron chi connectivity index (χ3n) is 1.66. The molecule has 0 aromatic rings. The average molecular weight is 169 g/mol. The second kappa shape index (κ2) is 8.44. The molecule has 0 radical (unpaired) electrons. The van der Waals surface area contributed by atoms with Gasteiger partial charge in [-0.3, -0.25) is 4.79 Å². The molecule has 1 amide bonds. The summed E-state index contributed by atoms with van der Waals surface area (Å²) in [7, 11) is 0. The molecule has 2 nitrogen and oxygen atoms in total. The highest BCUT2D eigenvalue weighted by Crippen LogP contribution is 2.02. The molecule has 2 heteroatoms. The quantitative estimate of drug-likeness (QED) is 0.444. The normalized spacial score (nSPS) is 10.8. The molecule has 0 aromatic heterocycles. The predicted molar refractivity (Wildman–Crippen MR) is 52.5 cm³/mol. The number of hydrogen-bond acceptors (Lipinski definition) is 1. The molecule has 70 valence electrons. The summed E-state index contributed by atoms with van der Waals surface area (Å²) >= 11 is 0. The smallest absolute Gasteiger partial charge is 0.245 e. The molecule has 0 aliphatic heterocycles. The van der Waals surface area contributed by atoms with E-state index in [4.69, 9.17) is 0 Å². The van der Waals surface area contributed by atoms with Gasteiger partial charge in [0.25, 0.3) is 0 Å². The fraction of sp³-hybridized carbons (Fsp3) is 0.800. The van der Waals surface area contributed by atoms with Crippen molar-refractivity contribution >= 4 is 12.1 Å². The molecule has 0 heterocycles. The van der Waals surface area contributed by atoms with E-state index in [-0.39, 0.29) is 5.91 Å². The fourth-order valence-corrected chi connectivity index (χ4v) is 0.961. The Balaban J connectivity index is 3.25. The van der Waals surface area contributed by atoms with E-state index in [0.29, 0.717) is 6.42 Å². The maximum atomic E-state index is 11.0. The molecule has 0 unspecified atom stereocenters. The molecule has 0 bridgehead atoms. The lowest BCUT2D eigenvalue weighted by Crippen LogP contribution is -1.93. The zero-order valence-electron chi connectivity index (χ0n) is 8.18. The molecule has 0 spiro atoms. The van der Waals surface area contributed by atoms with Gasteiger partial charge in [0.05, 0.1) is 0 Å². The van der Waals surface area contributed by atoms with Crippen molar-refractivity contribution in [1.29, 1.82) is 0 Å². The molecule has 0 fully saturated rings. The van der Waals surface area contributed by atoms with Crippen molar-refractivity contribution < 1.29 is 4.79 Å². The number of amides is 1. The Hall–Kier alpha value is -0.660. The maximum absolute atomic E-state index is 11.0. The summed E-state index contributed by atoms with van der Waals surface area (Å²) in [6.07, 6.45) is 7.74. The number of hydrogen-bond donors (Lipinski definition) is 0. The number of carbonyl (C=O) groups excluding carboxylic acids is 1. The monoisotopic (exact) mass is 169 g/mol. The number of nitrogens with zero attached hydrogens (tertiary/aromatic N) is 1. The van der Waals surface area contributed by atoms with Gasteiger partial charge >= 0.3 is 0 Å². The minimum atomic E-state index is 0.0351. The molecule has 0 aliphatic carbocycles. The maximum Gasteiger partial charge on any atom is 0.245 e. The lowest BCUT2D eigenvalue weighted by Gasteiger charge is -1.94. The van der Waals surface area contributed by atoms with Crippen molar-refractivity contribution in [2.75, 3.05) is 0 Å². The van der Waals surface area contributed by atoms with Gasteiger partial charge in [0.1, 0.15) is 0 Å². The minimum absolute atomic E-state index is 0.0351. The van der Waals surface area contributed by atoms with Crippen LogP contribution in [0.4, 0.5) is 0 Å². The summed E-state index contributed by atoms with van der Waals surface area (Å²) in [6, 6.07) is 0. The van der Waals surface area contributed by atoms with Crippen LogP contribution in [0.15, 0.2) is 4.99 Å². The van der Waals surface area contributed by atoms with Crippen molar-refractivity contribution in [3.05, 3.63) is 0 Å². The van der Waals surface area contributed by atoms with Crippen LogP contribution in [0.3, 0.4) is 0 Å². The zero-order valence-corrected chi connectivity index (χ0v) is 8.18. The highest BCUT2D eigenvalue weighted by Gasteiger charge is 1.96. The third kappa shape index (κ3) is 7.45. The largest absolute Gasteiger partial charge is 0.273 e. The summed E-state index contributed by atoms with van der Waals surface area (Å²) in [6.45, 7) is 4.14. The van der Waals surface area contributed by atoms with Gasteiger partial charge in [-0.25, -0.2) is 4.99 Å². The third-order valence-corrected chi connectivity index (χ3v) is 1.66. The molecule has 0 saturated carbocycles. The summed E-state index contributed by atoms with van der Waals surface area (Å²) < 4.78 is 0. The van der Waals surface area contributed by atoms with Crippen LogP contribution < -0.4 is 0 Å². The van der Waals surface area contributed by atoms with Crippen molar-refractivity contribution in [2.45, 2.75) is 52.4 Å². The SMILES string of the molecule is CCC=NC(=O)CCCCCC. The van der Waals surface area contributed by atoms with Crippen molar-refractivity contribution in [3.63, 3.8) is 0 Å². The van der Waals surface area contributed by atoms with E-state index in [0.717, 1.165) is 19.3 Å². The Labute approximate surface area is 75.1 Å². The molecule has 0 aromatic carbocycles. The Bertz CT molecular complexity index is 141. The molecular formula is C10H19NO. The number of carbonyl (C=O) groups is 1. The first-order valence-corrected chi connectivity index (χ1v) is 4.86. The van der Waals surface area contributed by atoms with Crippen LogP contribution in [0.1, 0.15) is 52.4 Å². The highest BCUT2D eigenvalue weighted by molar-refractivity contribution is 5.84. The van der Waals surface area contributed by atoms with E-state index in [1.165, 1.54) is 12.8 Å². The van der Waals surface area contributed by atoms with Gasteiger partial charge in [-0.05, 0) is 12.8 Å². The van der Waals surface area contributed by atoms with E-state index in [1.807, 2.05) is 6.92 Å². The summed E-state index contributed by atoms with van der Waals surface area (Å²) in [5.41, 5.74) is 0. The molecule has 0 N–H and O–H groups in total. The first kappa shape index (κ1) is 11.3. The number of unbranched alkanes of at least 4 members (excludes halogenated alkanes) is 3. The Morgan fingerprint density at radius 3 is 2.58 bits per heavy atom. The van der Waals surface area contributed by atoms with Crippen LogP contribution >= 0.6 is 0 Å². The molecule has 0 aliphatic rings. The van der Waals surface area contributed by atoms with E-state index < -0.39 is 0 Å². The second-order valence-corrected chi connectivity index (χ2v) is 2.92. The highest BCUT2D eigenvalue weighted by atomic mass is 16.1. The van der Waals surface area contributed by atoms with E-state index in [2.05, 4.69) is 11.9 Å². The van der Waals surface area contributed by atoms with Crippen molar-refractivity contribution in [3.8, 4) is 0 Å². The summed E-state index contributed by atoms with van der Waals surface area (Å²) in [5.74, 6) is 0.0351. The first-order valence-electron chi connectivity index (χ1n) is 4.86. The summed E-state index contributed by atoms with van der Waals surface area (Å²) in [4.78, 5) is 14.7. The molecular weight excluding hydrogens is 150 g/mol. The Morgan fingerprint density at radius 2 is 2.00 bits per heavy atom. The molecule has 0 atom stereocenters. The van der Waals surface area contributed by atoms with Crippen molar-refractivity contribution in [2.24, 2.45) is 4.99 Å². The molecule has 0 rings (SSSR count). The topological polar surface area (TPSA) is 29.4 Å². The van der Waals surface area contributed by atoms with Crippen LogP contribution in [0, 0.1) is 0 Å². The predicted octanol–water partition coefficient (Wildman–Crippen LogP) is 2.96. The lowest BCUT2D eigenvalue weighted by atomic mass is 10.1.